The monoisotopic (exact) mass is 342 g/mol. The Kier molecular flexibility index (Phi) is 5.76. The maximum Gasteiger partial charge on any atom is 0.257 e. The van der Waals surface area contributed by atoms with E-state index in [1.165, 1.54) is 12.3 Å². The molecule has 132 valence electrons. The minimum absolute atomic E-state index is 0.0519. The summed E-state index contributed by atoms with van der Waals surface area (Å²) >= 11 is 0. The van der Waals surface area contributed by atoms with Crippen LogP contribution in [0.5, 0.6) is 0 Å². The molecule has 5 heteroatoms. The number of pyridine rings is 1. The molecule has 1 saturated heterocycles. The first-order valence-corrected chi connectivity index (χ1v) is 8.80. The molecule has 0 unspecified atom stereocenters. The molecule has 25 heavy (non-hydrogen) atoms. The number of hydrogen-bond acceptors (Lipinski definition) is 3. The van der Waals surface area contributed by atoms with Crippen LogP contribution in [0.3, 0.4) is 0 Å². The Labute approximate surface area is 147 Å². The first-order valence-electron chi connectivity index (χ1n) is 8.80. The summed E-state index contributed by atoms with van der Waals surface area (Å²) in [7, 11) is 0. The van der Waals surface area contributed by atoms with Crippen molar-refractivity contribution in [3.8, 4) is 0 Å². The molecule has 0 radical (unpaired) electrons. The van der Waals surface area contributed by atoms with Gasteiger partial charge in [-0.1, -0.05) is 43.2 Å². The summed E-state index contributed by atoms with van der Waals surface area (Å²) in [6, 6.07) is 10.8. The van der Waals surface area contributed by atoms with Gasteiger partial charge >= 0.3 is 0 Å². The van der Waals surface area contributed by atoms with Crippen molar-refractivity contribution in [2.24, 2.45) is 0 Å². The number of likely N-dealkylation sites (tertiary alicyclic amines) is 1. The van der Waals surface area contributed by atoms with Gasteiger partial charge in [0, 0.05) is 18.8 Å². The minimum atomic E-state index is -0.637. The number of aliphatic hydroxyl groups excluding tert-OH is 1. The zero-order valence-electron chi connectivity index (χ0n) is 14.1. The zero-order valence-corrected chi connectivity index (χ0v) is 14.1. The van der Waals surface area contributed by atoms with Crippen molar-refractivity contribution < 1.29 is 14.3 Å². The lowest BCUT2D eigenvalue weighted by Gasteiger charge is -2.32. The van der Waals surface area contributed by atoms with Crippen LogP contribution >= 0.6 is 0 Å². The second kappa shape index (κ2) is 8.21. The molecule has 3 rings (SSSR count). The van der Waals surface area contributed by atoms with Gasteiger partial charge < -0.3 is 10.0 Å². The summed E-state index contributed by atoms with van der Waals surface area (Å²) in [6.45, 7) is 0.590. The summed E-state index contributed by atoms with van der Waals surface area (Å²) < 4.78 is 14.0. The molecule has 1 amide bonds. The van der Waals surface area contributed by atoms with E-state index in [2.05, 4.69) is 4.98 Å². The van der Waals surface area contributed by atoms with Crippen molar-refractivity contribution in [1.29, 1.82) is 0 Å². The normalized spacial score (nSPS) is 19.3. The highest BCUT2D eigenvalue weighted by atomic mass is 19.1. The predicted octanol–water partition coefficient (Wildman–Crippen LogP) is 3.73. The van der Waals surface area contributed by atoms with Gasteiger partial charge in [-0.15, -0.1) is 0 Å². The molecule has 1 aromatic heterocycles. The molecule has 1 fully saturated rings. The second-order valence-corrected chi connectivity index (χ2v) is 6.52. The topological polar surface area (TPSA) is 53.4 Å². The summed E-state index contributed by atoms with van der Waals surface area (Å²) in [5.74, 6) is -0.911. The van der Waals surface area contributed by atoms with Crippen molar-refractivity contribution >= 4 is 5.91 Å². The third-order valence-corrected chi connectivity index (χ3v) is 4.82. The summed E-state index contributed by atoms with van der Waals surface area (Å²) in [4.78, 5) is 18.3. The molecule has 0 saturated carbocycles. The number of rotatable bonds is 4. The number of carbonyl (C=O) groups excluding carboxylic acids is 1. The van der Waals surface area contributed by atoms with Crippen LogP contribution < -0.4 is 0 Å². The summed E-state index contributed by atoms with van der Waals surface area (Å²) in [6.07, 6.45) is 6.10. The van der Waals surface area contributed by atoms with E-state index in [-0.39, 0.29) is 17.5 Å². The lowest BCUT2D eigenvalue weighted by atomic mass is 9.97. The highest BCUT2D eigenvalue weighted by Crippen LogP contribution is 2.27. The van der Waals surface area contributed by atoms with Crippen LogP contribution in [-0.4, -0.2) is 33.5 Å². The van der Waals surface area contributed by atoms with Gasteiger partial charge in [0.1, 0.15) is 0 Å². The Morgan fingerprint density at radius 2 is 2.04 bits per heavy atom. The number of nitrogens with zero attached hydrogens (tertiary/aromatic N) is 2. The van der Waals surface area contributed by atoms with E-state index < -0.39 is 11.9 Å². The number of aliphatic hydroxyl groups is 1. The highest BCUT2D eigenvalue weighted by molar-refractivity contribution is 5.94. The van der Waals surface area contributed by atoms with Crippen LogP contribution in [0.15, 0.2) is 48.8 Å². The summed E-state index contributed by atoms with van der Waals surface area (Å²) in [5, 5.41) is 10.6. The van der Waals surface area contributed by atoms with Crippen molar-refractivity contribution in [2.45, 2.75) is 44.2 Å². The van der Waals surface area contributed by atoms with Gasteiger partial charge in [0.05, 0.1) is 17.9 Å². The molecule has 2 aromatic rings. The first kappa shape index (κ1) is 17.5. The molecule has 0 bridgehead atoms. The fraction of sp³-hybridized carbons (Fsp3) is 0.400. The van der Waals surface area contributed by atoms with Crippen LogP contribution in [0, 0.1) is 5.82 Å². The highest BCUT2D eigenvalue weighted by Gasteiger charge is 2.29. The molecule has 2 atom stereocenters. The third-order valence-electron chi connectivity index (χ3n) is 4.82. The zero-order chi connectivity index (χ0) is 17.6. The number of carbonyl (C=O) groups is 1. The van der Waals surface area contributed by atoms with Crippen LogP contribution in [0.2, 0.25) is 0 Å². The van der Waals surface area contributed by atoms with Crippen molar-refractivity contribution in [1.82, 2.24) is 9.88 Å². The van der Waals surface area contributed by atoms with E-state index in [0.29, 0.717) is 13.0 Å². The van der Waals surface area contributed by atoms with E-state index >= 15 is 0 Å². The molecular weight excluding hydrogens is 319 g/mol. The average molecular weight is 342 g/mol. The van der Waals surface area contributed by atoms with Crippen LogP contribution in [0.1, 0.15) is 54.1 Å². The molecule has 1 aromatic carbocycles. The van der Waals surface area contributed by atoms with Crippen LogP contribution in [0.4, 0.5) is 4.39 Å². The van der Waals surface area contributed by atoms with Crippen molar-refractivity contribution in [2.75, 3.05) is 6.54 Å². The maximum absolute atomic E-state index is 14.0. The Morgan fingerprint density at radius 3 is 2.80 bits per heavy atom. The number of hydrogen-bond donors (Lipinski definition) is 1. The minimum Gasteiger partial charge on any atom is -0.388 e. The molecule has 1 aliphatic rings. The number of aromatic nitrogens is 1. The van der Waals surface area contributed by atoms with Crippen LogP contribution in [-0.2, 0) is 0 Å². The third kappa shape index (κ3) is 4.23. The number of amides is 1. The Hall–Kier alpha value is -2.27. The summed E-state index contributed by atoms with van der Waals surface area (Å²) in [5.41, 5.74) is 0.894. The van der Waals surface area contributed by atoms with Crippen molar-refractivity contribution in [3.05, 3.63) is 65.7 Å². The molecule has 2 heterocycles. The van der Waals surface area contributed by atoms with Gasteiger partial charge in [-0.25, -0.2) is 4.39 Å². The molecule has 0 aliphatic carbocycles. The van der Waals surface area contributed by atoms with E-state index in [0.717, 1.165) is 37.4 Å². The van der Waals surface area contributed by atoms with Gasteiger partial charge in [-0.3, -0.25) is 9.78 Å². The van der Waals surface area contributed by atoms with Gasteiger partial charge in [-0.2, -0.15) is 0 Å². The SMILES string of the molecule is O=C(c1ccncc1F)N1CCCCC[C@H]1C[C@@H](O)c1ccccc1. The van der Waals surface area contributed by atoms with Gasteiger partial charge in [-0.05, 0) is 30.9 Å². The smallest absolute Gasteiger partial charge is 0.257 e. The molecule has 1 aliphatic heterocycles. The Balaban J connectivity index is 1.80. The Morgan fingerprint density at radius 1 is 1.24 bits per heavy atom. The predicted molar refractivity (Wildman–Crippen MR) is 93.5 cm³/mol. The van der Waals surface area contributed by atoms with Crippen LogP contribution in [0.25, 0.3) is 0 Å². The number of benzene rings is 1. The fourth-order valence-corrected chi connectivity index (χ4v) is 3.46. The maximum atomic E-state index is 14.0. The lowest BCUT2D eigenvalue weighted by Crippen LogP contribution is -2.41. The molecular formula is C20H23FN2O2. The van der Waals surface area contributed by atoms with E-state index in [1.54, 1.807) is 4.90 Å². The Bertz CT molecular complexity index is 708. The average Bonchev–Trinajstić information content (AvgIpc) is 2.88. The van der Waals surface area contributed by atoms with E-state index in [9.17, 15) is 14.3 Å². The molecule has 0 spiro atoms. The van der Waals surface area contributed by atoms with E-state index in [1.807, 2.05) is 30.3 Å². The lowest BCUT2D eigenvalue weighted by molar-refractivity contribution is 0.0583. The first-order chi connectivity index (χ1) is 12.2. The second-order valence-electron chi connectivity index (χ2n) is 6.52. The van der Waals surface area contributed by atoms with Gasteiger partial charge in [0.2, 0.25) is 0 Å². The largest absolute Gasteiger partial charge is 0.388 e. The molecule has 1 N–H and O–H groups in total. The number of halogens is 1. The standard InChI is InChI=1S/C20H23FN2O2/c21-18-14-22-11-10-17(18)20(25)23-12-6-2-5-9-16(23)13-19(24)15-7-3-1-4-8-15/h1,3-4,7-8,10-11,14,16,19,24H,2,5-6,9,12-13H2/t16-,19+/m0/s1. The fourth-order valence-electron chi connectivity index (χ4n) is 3.46. The van der Waals surface area contributed by atoms with Gasteiger partial charge in [0.25, 0.3) is 5.91 Å². The van der Waals surface area contributed by atoms with E-state index in [4.69, 9.17) is 0 Å². The quantitative estimate of drug-likeness (QED) is 0.921. The van der Waals surface area contributed by atoms with Gasteiger partial charge in [0.15, 0.2) is 5.82 Å². The molecule has 4 nitrogen and oxygen atoms in total. The van der Waals surface area contributed by atoms with Crippen molar-refractivity contribution in [3.63, 3.8) is 0 Å².